The smallest absolute Gasteiger partial charge is 0.254 e. The average molecular weight is 340 g/mol. The van der Waals surface area contributed by atoms with Crippen molar-refractivity contribution in [3.63, 3.8) is 0 Å². The maximum atomic E-state index is 12.5. The molecule has 1 N–H and O–H groups in total. The monoisotopic (exact) mass is 340 g/mol. The van der Waals surface area contributed by atoms with Crippen LogP contribution in [0.4, 0.5) is 0 Å². The zero-order valence-corrected chi connectivity index (χ0v) is 14.6. The average Bonchev–Trinajstić information content (AvgIpc) is 3.21. The number of aryl methyl sites for hydroxylation is 1. The summed E-state index contributed by atoms with van der Waals surface area (Å²) >= 11 is 1.63. The van der Waals surface area contributed by atoms with Crippen LogP contribution in [-0.2, 0) is 12.8 Å². The number of carbonyl (C=O) groups is 1. The van der Waals surface area contributed by atoms with Crippen molar-refractivity contribution in [3.05, 3.63) is 63.9 Å². The molecule has 0 bridgehead atoms. The van der Waals surface area contributed by atoms with E-state index in [0.29, 0.717) is 12.1 Å². The first-order valence-electron chi connectivity index (χ1n) is 8.00. The van der Waals surface area contributed by atoms with Gasteiger partial charge < -0.3 is 5.32 Å². The molecule has 2 aromatic heterocycles. The molecule has 0 aliphatic rings. The van der Waals surface area contributed by atoms with Gasteiger partial charge in [0.1, 0.15) is 0 Å². The van der Waals surface area contributed by atoms with E-state index < -0.39 is 0 Å². The quantitative estimate of drug-likeness (QED) is 0.750. The number of hydrogen-bond acceptors (Lipinski definition) is 4. The van der Waals surface area contributed by atoms with Crippen molar-refractivity contribution in [3.8, 4) is 5.69 Å². The Morgan fingerprint density at radius 1 is 1.29 bits per heavy atom. The highest BCUT2D eigenvalue weighted by molar-refractivity contribution is 7.09. The van der Waals surface area contributed by atoms with Gasteiger partial charge in [0.15, 0.2) is 0 Å². The number of nitrogens with zero attached hydrogens (tertiary/aromatic N) is 3. The minimum Gasteiger partial charge on any atom is -0.352 e. The number of nitrogens with one attached hydrogen (secondary N) is 1. The summed E-state index contributed by atoms with van der Waals surface area (Å²) in [5.41, 5.74) is 3.54. The van der Waals surface area contributed by atoms with Gasteiger partial charge in [-0.15, -0.1) is 11.3 Å². The molecule has 0 atom stereocenters. The van der Waals surface area contributed by atoms with Gasteiger partial charge in [0.05, 0.1) is 33.8 Å². The summed E-state index contributed by atoms with van der Waals surface area (Å²) in [6, 6.07) is 9.86. The molecular formula is C18H20N4OS. The number of hydrogen-bond donors (Lipinski definition) is 1. The van der Waals surface area contributed by atoms with Crippen molar-refractivity contribution < 1.29 is 4.79 Å². The van der Waals surface area contributed by atoms with Crippen LogP contribution in [0, 0.1) is 6.92 Å². The SMILES string of the molecule is CCc1c(C(=O)NCCc2csc(C)n2)cnn1-c1ccccc1. The lowest BCUT2D eigenvalue weighted by atomic mass is 10.2. The Kier molecular flexibility index (Phi) is 5.05. The maximum Gasteiger partial charge on any atom is 0.254 e. The molecular weight excluding hydrogens is 320 g/mol. The van der Waals surface area contributed by atoms with Crippen LogP contribution in [0.2, 0.25) is 0 Å². The van der Waals surface area contributed by atoms with Gasteiger partial charge in [-0.3, -0.25) is 4.79 Å². The van der Waals surface area contributed by atoms with Crippen LogP contribution in [0.25, 0.3) is 5.69 Å². The molecule has 1 aromatic carbocycles. The molecule has 24 heavy (non-hydrogen) atoms. The molecule has 0 spiro atoms. The largest absolute Gasteiger partial charge is 0.352 e. The van der Waals surface area contributed by atoms with Crippen LogP contribution in [0.15, 0.2) is 41.9 Å². The number of thiazole rings is 1. The number of benzene rings is 1. The number of aromatic nitrogens is 3. The first kappa shape index (κ1) is 16.4. The summed E-state index contributed by atoms with van der Waals surface area (Å²) in [5.74, 6) is -0.0824. The molecule has 0 aliphatic carbocycles. The van der Waals surface area contributed by atoms with Crippen molar-refractivity contribution >= 4 is 17.2 Å². The molecule has 5 nitrogen and oxygen atoms in total. The van der Waals surface area contributed by atoms with Crippen LogP contribution < -0.4 is 5.32 Å². The summed E-state index contributed by atoms with van der Waals surface area (Å²) in [7, 11) is 0. The van der Waals surface area contributed by atoms with Crippen molar-refractivity contribution in [2.45, 2.75) is 26.7 Å². The first-order chi connectivity index (χ1) is 11.7. The van der Waals surface area contributed by atoms with Crippen LogP contribution in [0.3, 0.4) is 0 Å². The normalized spacial score (nSPS) is 10.8. The van der Waals surface area contributed by atoms with E-state index in [9.17, 15) is 4.79 Å². The second-order valence-corrected chi connectivity index (χ2v) is 6.53. The van der Waals surface area contributed by atoms with E-state index in [1.165, 1.54) is 0 Å². The second-order valence-electron chi connectivity index (χ2n) is 5.47. The number of amides is 1. The van der Waals surface area contributed by atoms with E-state index >= 15 is 0 Å². The lowest BCUT2D eigenvalue weighted by molar-refractivity contribution is 0.0953. The van der Waals surface area contributed by atoms with Gasteiger partial charge in [0, 0.05) is 18.3 Å². The van der Waals surface area contributed by atoms with E-state index in [2.05, 4.69) is 15.4 Å². The number of para-hydroxylation sites is 1. The van der Waals surface area contributed by atoms with Crippen molar-refractivity contribution in [2.75, 3.05) is 6.54 Å². The Balaban J connectivity index is 1.70. The fraction of sp³-hybridized carbons (Fsp3) is 0.278. The Morgan fingerprint density at radius 3 is 2.75 bits per heavy atom. The van der Waals surface area contributed by atoms with Crippen LogP contribution in [-0.4, -0.2) is 27.2 Å². The third-order valence-corrected chi connectivity index (χ3v) is 4.60. The molecule has 0 aliphatic heterocycles. The Hall–Kier alpha value is -2.47. The predicted octanol–water partition coefficient (Wildman–Crippen LogP) is 3.17. The topological polar surface area (TPSA) is 59.8 Å². The zero-order chi connectivity index (χ0) is 16.9. The van der Waals surface area contributed by atoms with Crippen LogP contribution in [0.5, 0.6) is 0 Å². The molecule has 6 heteroatoms. The molecule has 1 amide bonds. The Bertz CT molecular complexity index is 823. The summed E-state index contributed by atoms with van der Waals surface area (Å²) < 4.78 is 1.83. The van der Waals surface area contributed by atoms with E-state index in [1.54, 1.807) is 17.5 Å². The van der Waals surface area contributed by atoms with E-state index in [-0.39, 0.29) is 5.91 Å². The minimum absolute atomic E-state index is 0.0824. The maximum absolute atomic E-state index is 12.5. The molecule has 0 saturated carbocycles. The lowest BCUT2D eigenvalue weighted by Crippen LogP contribution is -2.26. The third kappa shape index (κ3) is 3.54. The van der Waals surface area contributed by atoms with Gasteiger partial charge in [0.2, 0.25) is 0 Å². The van der Waals surface area contributed by atoms with E-state index in [0.717, 1.165) is 34.9 Å². The van der Waals surface area contributed by atoms with Crippen LogP contribution in [0.1, 0.15) is 33.7 Å². The number of rotatable bonds is 6. The van der Waals surface area contributed by atoms with Gasteiger partial charge in [-0.1, -0.05) is 25.1 Å². The fourth-order valence-corrected chi connectivity index (χ4v) is 3.26. The third-order valence-electron chi connectivity index (χ3n) is 3.78. The summed E-state index contributed by atoms with van der Waals surface area (Å²) in [6.45, 7) is 4.59. The number of carbonyl (C=O) groups excluding carboxylic acids is 1. The summed E-state index contributed by atoms with van der Waals surface area (Å²) in [4.78, 5) is 16.9. The highest BCUT2D eigenvalue weighted by Gasteiger charge is 2.16. The van der Waals surface area contributed by atoms with Gasteiger partial charge in [-0.25, -0.2) is 9.67 Å². The highest BCUT2D eigenvalue weighted by Crippen LogP contribution is 2.15. The standard InChI is InChI=1S/C18H20N4OS/c1-3-17-16(11-20-22(17)15-7-5-4-6-8-15)18(23)19-10-9-14-12-24-13(2)21-14/h4-8,11-12H,3,9-10H2,1-2H3,(H,19,23). The molecule has 3 rings (SSSR count). The predicted molar refractivity (Wildman–Crippen MR) is 95.8 cm³/mol. The van der Waals surface area contributed by atoms with E-state index in [4.69, 9.17) is 0 Å². The van der Waals surface area contributed by atoms with Crippen LogP contribution >= 0.6 is 11.3 Å². The minimum atomic E-state index is -0.0824. The fourth-order valence-electron chi connectivity index (χ4n) is 2.62. The Labute approximate surface area is 145 Å². The van der Waals surface area contributed by atoms with Gasteiger partial charge in [0.25, 0.3) is 5.91 Å². The zero-order valence-electron chi connectivity index (χ0n) is 13.8. The van der Waals surface area contributed by atoms with Gasteiger partial charge in [-0.2, -0.15) is 5.10 Å². The lowest BCUT2D eigenvalue weighted by Gasteiger charge is -2.08. The molecule has 2 heterocycles. The summed E-state index contributed by atoms with van der Waals surface area (Å²) in [5, 5.41) is 10.4. The Morgan fingerprint density at radius 2 is 2.08 bits per heavy atom. The molecule has 0 unspecified atom stereocenters. The second kappa shape index (κ2) is 7.40. The molecule has 124 valence electrons. The summed E-state index contributed by atoms with van der Waals surface area (Å²) in [6.07, 6.45) is 3.13. The van der Waals surface area contributed by atoms with Gasteiger partial charge >= 0.3 is 0 Å². The first-order valence-corrected chi connectivity index (χ1v) is 8.88. The molecule has 0 radical (unpaired) electrons. The molecule has 0 saturated heterocycles. The highest BCUT2D eigenvalue weighted by atomic mass is 32.1. The van der Waals surface area contributed by atoms with Crippen molar-refractivity contribution in [1.82, 2.24) is 20.1 Å². The molecule has 0 fully saturated rings. The van der Waals surface area contributed by atoms with Crippen molar-refractivity contribution in [1.29, 1.82) is 0 Å². The van der Waals surface area contributed by atoms with Gasteiger partial charge in [-0.05, 0) is 25.5 Å². The molecule has 3 aromatic rings. The van der Waals surface area contributed by atoms with E-state index in [1.807, 2.05) is 54.2 Å². The van der Waals surface area contributed by atoms with Crippen molar-refractivity contribution in [2.24, 2.45) is 0 Å².